The Morgan fingerprint density at radius 2 is 1.63 bits per heavy atom. The number of carbonyl (C=O) groups is 4. The average molecular weight is 488 g/mol. The quantitative estimate of drug-likeness (QED) is 0.488. The van der Waals surface area contributed by atoms with Gasteiger partial charge in [0, 0.05) is 6.42 Å². The van der Waals surface area contributed by atoms with Gasteiger partial charge in [-0.25, -0.2) is 4.79 Å². The van der Waals surface area contributed by atoms with Crippen LogP contribution in [0.3, 0.4) is 0 Å². The maximum atomic E-state index is 13.2. The third-order valence-corrected chi connectivity index (χ3v) is 6.75. The van der Waals surface area contributed by atoms with E-state index in [9.17, 15) is 19.2 Å². The van der Waals surface area contributed by atoms with E-state index in [2.05, 4.69) is 22.9 Å². The van der Waals surface area contributed by atoms with E-state index < -0.39 is 42.0 Å². The van der Waals surface area contributed by atoms with Crippen molar-refractivity contribution in [2.45, 2.75) is 97.4 Å². The van der Waals surface area contributed by atoms with Crippen LogP contribution in [0.2, 0.25) is 0 Å². The molecule has 0 spiro atoms. The van der Waals surface area contributed by atoms with Crippen LogP contribution in [0.1, 0.15) is 72.3 Å². The van der Waals surface area contributed by atoms with E-state index >= 15 is 0 Å². The first-order valence-corrected chi connectivity index (χ1v) is 12.8. The highest BCUT2D eigenvalue weighted by molar-refractivity contribution is 5.94. The van der Waals surface area contributed by atoms with Gasteiger partial charge in [0.15, 0.2) is 0 Å². The fraction of sp³-hybridized carbons (Fsp3) is 0.630. The number of hydrogen-bond donors (Lipinski definition) is 3. The molecule has 1 aliphatic heterocycles. The van der Waals surface area contributed by atoms with E-state index in [0.29, 0.717) is 6.42 Å². The molecule has 1 aromatic rings. The molecule has 0 aliphatic carbocycles. The Morgan fingerprint density at radius 3 is 2.26 bits per heavy atom. The van der Waals surface area contributed by atoms with E-state index in [1.54, 1.807) is 6.92 Å². The monoisotopic (exact) mass is 487 g/mol. The summed E-state index contributed by atoms with van der Waals surface area (Å²) in [6.07, 6.45) is 2.95. The zero-order valence-corrected chi connectivity index (χ0v) is 21.6. The molecule has 1 heterocycles. The second-order valence-electron chi connectivity index (χ2n) is 9.71. The highest BCUT2D eigenvalue weighted by Crippen LogP contribution is 2.21. The smallest absolute Gasteiger partial charge is 0.329 e. The number of amides is 3. The van der Waals surface area contributed by atoms with Crippen molar-refractivity contribution in [3.05, 3.63) is 35.9 Å². The Morgan fingerprint density at radius 1 is 0.943 bits per heavy atom. The normalized spacial score (nSPS) is 26.1. The van der Waals surface area contributed by atoms with Crippen molar-refractivity contribution in [3.8, 4) is 0 Å². The summed E-state index contributed by atoms with van der Waals surface area (Å²) in [4.78, 5) is 52.3. The lowest BCUT2D eigenvalue weighted by molar-refractivity contribution is -0.158. The number of rotatable bonds is 8. The number of nitrogens with one attached hydrogen (secondary N) is 3. The zero-order valence-electron chi connectivity index (χ0n) is 21.6. The number of benzene rings is 1. The Bertz CT molecular complexity index is 860. The summed E-state index contributed by atoms with van der Waals surface area (Å²) in [6, 6.07) is 6.75. The second-order valence-corrected chi connectivity index (χ2v) is 9.71. The van der Waals surface area contributed by atoms with Gasteiger partial charge in [0.25, 0.3) is 0 Å². The first-order valence-electron chi connectivity index (χ1n) is 12.8. The van der Waals surface area contributed by atoms with Crippen molar-refractivity contribution in [3.63, 3.8) is 0 Å². The fourth-order valence-corrected chi connectivity index (χ4v) is 4.12. The van der Waals surface area contributed by atoms with Crippen LogP contribution in [0.5, 0.6) is 0 Å². The Balaban J connectivity index is 2.37. The minimum absolute atomic E-state index is 0.0497. The number of esters is 1. The average Bonchev–Trinajstić information content (AvgIpc) is 2.84. The van der Waals surface area contributed by atoms with Crippen molar-refractivity contribution >= 4 is 23.7 Å². The summed E-state index contributed by atoms with van der Waals surface area (Å²) < 4.78 is 5.87. The SMILES string of the molecule is CCCC[C@@H](C)[C@@H]1CC(=O)N[C@@H](Cc2ccccc2)C(=O)N[C@@H](C)C(=O)N[C@@H]([C@@H](C)CC)C(=O)O1. The predicted octanol–water partition coefficient (Wildman–Crippen LogP) is 2.89. The Labute approximate surface area is 208 Å². The predicted molar refractivity (Wildman–Crippen MR) is 134 cm³/mol. The molecule has 1 fully saturated rings. The van der Waals surface area contributed by atoms with E-state index in [0.717, 1.165) is 24.8 Å². The molecule has 1 saturated heterocycles. The van der Waals surface area contributed by atoms with E-state index in [1.807, 2.05) is 51.1 Å². The van der Waals surface area contributed by atoms with Crippen LogP contribution in [-0.4, -0.2) is 47.9 Å². The van der Waals surface area contributed by atoms with E-state index in [1.165, 1.54) is 0 Å². The second kappa shape index (κ2) is 13.9. The summed E-state index contributed by atoms with van der Waals surface area (Å²) in [7, 11) is 0. The van der Waals surface area contributed by atoms with Crippen molar-refractivity contribution in [2.75, 3.05) is 0 Å². The maximum absolute atomic E-state index is 13.2. The first-order chi connectivity index (χ1) is 16.7. The van der Waals surface area contributed by atoms with Gasteiger partial charge in [-0.3, -0.25) is 14.4 Å². The Kier molecular flexibility index (Phi) is 11.2. The number of cyclic esters (lactones) is 1. The van der Waals surface area contributed by atoms with Crippen LogP contribution in [0.15, 0.2) is 30.3 Å². The lowest BCUT2D eigenvalue weighted by Crippen LogP contribution is -2.55. The molecular weight excluding hydrogens is 446 g/mol. The summed E-state index contributed by atoms with van der Waals surface area (Å²) in [5, 5.41) is 8.28. The summed E-state index contributed by atoms with van der Waals surface area (Å²) >= 11 is 0. The third-order valence-electron chi connectivity index (χ3n) is 6.75. The molecule has 0 unspecified atom stereocenters. The van der Waals surface area contributed by atoms with Gasteiger partial charge in [0.05, 0.1) is 6.42 Å². The summed E-state index contributed by atoms with van der Waals surface area (Å²) in [5.41, 5.74) is 0.880. The van der Waals surface area contributed by atoms with Gasteiger partial charge in [0.2, 0.25) is 17.7 Å². The fourth-order valence-electron chi connectivity index (χ4n) is 4.12. The molecule has 3 N–H and O–H groups in total. The molecule has 1 aromatic carbocycles. The first kappa shape index (κ1) is 28.3. The highest BCUT2D eigenvalue weighted by atomic mass is 16.5. The summed E-state index contributed by atoms with van der Waals surface area (Å²) in [5.74, 6) is -2.07. The number of hydrogen-bond acceptors (Lipinski definition) is 5. The molecule has 8 nitrogen and oxygen atoms in total. The van der Waals surface area contributed by atoms with Gasteiger partial charge < -0.3 is 20.7 Å². The molecule has 2 rings (SSSR count). The van der Waals surface area contributed by atoms with E-state index in [-0.39, 0.29) is 30.6 Å². The molecule has 1 aliphatic rings. The minimum atomic E-state index is -0.892. The van der Waals surface area contributed by atoms with Crippen LogP contribution < -0.4 is 16.0 Å². The van der Waals surface area contributed by atoms with Gasteiger partial charge in [-0.2, -0.15) is 0 Å². The molecule has 35 heavy (non-hydrogen) atoms. The molecule has 194 valence electrons. The largest absolute Gasteiger partial charge is 0.460 e. The van der Waals surface area contributed by atoms with Gasteiger partial charge in [-0.1, -0.05) is 77.3 Å². The topological polar surface area (TPSA) is 114 Å². The molecule has 0 radical (unpaired) electrons. The summed E-state index contributed by atoms with van der Waals surface area (Å²) in [6.45, 7) is 9.40. The van der Waals surface area contributed by atoms with Gasteiger partial charge in [-0.05, 0) is 30.7 Å². The molecule has 0 bridgehead atoms. The molecule has 8 heteroatoms. The molecule has 0 aromatic heterocycles. The Hall–Kier alpha value is -2.90. The van der Waals surface area contributed by atoms with Gasteiger partial charge in [-0.15, -0.1) is 0 Å². The molecular formula is C27H41N3O5. The van der Waals surface area contributed by atoms with Crippen LogP contribution in [-0.2, 0) is 30.3 Å². The minimum Gasteiger partial charge on any atom is -0.460 e. The van der Waals surface area contributed by atoms with Crippen molar-refractivity contribution < 1.29 is 23.9 Å². The zero-order chi connectivity index (χ0) is 26.0. The van der Waals surface area contributed by atoms with E-state index in [4.69, 9.17) is 4.74 Å². The van der Waals surface area contributed by atoms with Crippen LogP contribution in [0.4, 0.5) is 0 Å². The standard InChI is InChI=1S/C27H41N3O5/c1-6-8-12-18(4)22-16-23(31)29-21(15-20-13-10-9-11-14-20)26(33)28-19(5)25(32)30-24(17(3)7-2)27(34)35-22/h9-11,13-14,17-19,21-22,24H,6-8,12,15-16H2,1-5H3,(H,28,33)(H,29,31)(H,30,32)/t17-,18+,19-,21-,22-,24-/m0/s1. The number of unbranched alkanes of at least 4 members (excludes halogenated alkanes) is 1. The van der Waals surface area contributed by atoms with Crippen LogP contribution in [0.25, 0.3) is 0 Å². The lowest BCUT2D eigenvalue weighted by atomic mass is 9.94. The highest BCUT2D eigenvalue weighted by Gasteiger charge is 2.35. The third kappa shape index (κ3) is 8.67. The maximum Gasteiger partial charge on any atom is 0.329 e. The molecule has 3 amide bonds. The van der Waals surface area contributed by atoms with Gasteiger partial charge in [0.1, 0.15) is 24.2 Å². The van der Waals surface area contributed by atoms with Crippen molar-refractivity contribution in [2.24, 2.45) is 11.8 Å². The van der Waals surface area contributed by atoms with Crippen molar-refractivity contribution in [1.29, 1.82) is 0 Å². The van der Waals surface area contributed by atoms with Crippen LogP contribution in [0, 0.1) is 11.8 Å². The number of ether oxygens (including phenoxy) is 1. The van der Waals surface area contributed by atoms with Crippen LogP contribution >= 0.6 is 0 Å². The van der Waals surface area contributed by atoms with Gasteiger partial charge >= 0.3 is 5.97 Å². The lowest BCUT2D eigenvalue weighted by Gasteiger charge is -2.29. The molecule has 6 atom stereocenters. The molecule has 0 saturated carbocycles. The number of carbonyl (C=O) groups excluding carboxylic acids is 4. The van der Waals surface area contributed by atoms with Crippen molar-refractivity contribution in [1.82, 2.24) is 16.0 Å².